The van der Waals surface area contributed by atoms with Crippen molar-refractivity contribution in [2.75, 3.05) is 5.75 Å². The number of aryl methyl sites for hydroxylation is 1. The molecule has 4 nitrogen and oxygen atoms in total. The summed E-state index contributed by atoms with van der Waals surface area (Å²) in [6.45, 7) is 1.56. The molecule has 60 valence electrons. The second-order valence-electron chi connectivity index (χ2n) is 2.02. The van der Waals surface area contributed by atoms with Gasteiger partial charge in [-0.2, -0.15) is 5.10 Å². The third-order valence-electron chi connectivity index (χ3n) is 1.11. The molecule has 0 spiro atoms. The molecule has 11 heavy (non-hydrogen) atoms. The van der Waals surface area contributed by atoms with Crippen molar-refractivity contribution in [1.29, 1.82) is 0 Å². The molecule has 0 saturated carbocycles. The van der Waals surface area contributed by atoms with Gasteiger partial charge >= 0.3 is 0 Å². The Morgan fingerprint density at radius 3 is 3.18 bits per heavy atom. The molecule has 0 aliphatic rings. The number of rotatable bonds is 3. The van der Waals surface area contributed by atoms with E-state index in [4.69, 9.17) is 0 Å². The van der Waals surface area contributed by atoms with Crippen molar-refractivity contribution in [1.82, 2.24) is 15.2 Å². The zero-order valence-electron chi connectivity index (χ0n) is 6.20. The second kappa shape index (κ2) is 4.12. The number of nitrogens with zero attached hydrogens (tertiary/aromatic N) is 2. The Morgan fingerprint density at radius 1 is 1.82 bits per heavy atom. The number of carbonyl (C=O) groups is 1. The summed E-state index contributed by atoms with van der Waals surface area (Å²) >= 11 is 1.30. The van der Waals surface area contributed by atoms with Crippen molar-refractivity contribution in [3.05, 3.63) is 12.2 Å². The molecule has 0 aliphatic carbocycles. The van der Waals surface area contributed by atoms with E-state index in [9.17, 15) is 4.79 Å². The van der Waals surface area contributed by atoms with Crippen LogP contribution in [-0.2, 0) is 11.2 Å². The van der Waals surface area contributed by atoms with Crippen molar-refractivity contribution >= 4 is 16.9 Å². The van der Waals surface area contributed by atoms with E-state index in [2.05, 4.69) is 15.2 Å². The number of nitrogens with one attached hydrogen (secondary N) is 1. The summed E-state index contributed by atoms with van der Waals surface area (Å²) in [5.41, 5.74) is 0. The molecule has 0 saturated heterocycles. The molecule has 0 aromatic carbocycles. The minimum Gasteiger partial charge on any atom is -0.288 e. The Bertz CT molecular complexity index is 222. The number of hydrogen-bond donors (Lipinski definition) is 1. The molecule has 1 heterocycles. The molecule has 0 amide bonds. The molecule has 0 aliphatic heterocycles. The van der Waals surface area contributed by atoms with Crippen LogP contribution in [-0.4, -0.2) is 26.0 Å². The van der Waals surface area contributed by atoms with E-state index in [1.165, 1.54) is 18.1 Å². The largest absolute Gasteiger partial charge is 0.288 e. The molecule has 0 bridgehead atoms. The van der Waals surface area contributed by atoms with Crippen LogP contribution in [0, 0.1) is 0 Å². The third-order valence-corrected chi connectivity index (χ3v) is 1.92. The molecule has 0 unspecified atom stereocenters. The summed E-state index contributed by atoms with van der Waals surface area (Å²) in [7, 11) is 0. The summed E-state index contributed by atoms with van der Waals surface area (Å²) < 4.78 is 0. The van der Waals surface area contributed by atoms with Gasteiger partial charge in [-0.05, 0) is 0 Å². The van der Waals surface area contributed by atoms with E-state index in [1.54, 1.807) is 6.92 Å². The molecule has 1 N–H and O–H groups in total. The number of aromatic nitrogens is 3. The van der Waals surface area contributed by atoms with E-state index in [0.717, 1.165) is 18.0 Å². The lowest BCUT2D eigenvalue weighted by atomic mass is 10.5. The van der Waals surface area contributed by atoms with Gasteiger partial charge in [0, 0.05) is 19.1 Å². The lowest BCUT2D eigenvalue weighted by Gasteiger charge is -1.92. The fraction of sp³-hybridized carbons (Fsp3) is 0.500. The predicted octanol–water partition coefficient (Wildman–Crippen LogP) is 0.627. The van der Waals surface area contributed by atoms with Crippen LogP contribution in [0.4, 0.5) is 0 Å². The number of carbonyl (C=O) groups excluding carboxylic acids is 1. The molecular weight excluding hydrogens is 162 g/mol. The Balaban J connectivity index is 2.19. The first-order valence-corrected chi connectivity index (χ1v) is 4.25. The minimum atomic E-state index is 0.143. The van der Waals surface area contributed by atoms with Gasteiger partial charge in [0.25, 0.3) is 0 Å². The lowest BCUT2D eigenvalue weighted by molar-refractivity contribution is -0.109. The Kier molecular flexibility index (Phi) is 3.10. The van der Waals surface area contributed by atoms with Crippen LogP contribution in [0.3, 0.4) is 0 Å². The fourth-order valence-corrected chi connectivity index (χ4v) is 1.23. The maximum Gasteiger partial charge on any atom is 0.185 e. The quantitative estimate of drug-likeness (QED) is 0.724. The summed E-state index contributed by atoms with van der Waals surface area (Å²) in [4.78, 5) is 14.4. The van der Waals surface area contributed by atoms with Crippen LogP contribution in [0.15, 0.2) is 6.33 Å². The number of thioether (sulfide) groups is 1. The van der Waals surface area contributed by atoms with Gasteiger partial charge in [0.1, 0.15) is 12.2 Å². The van der Waals surface area contributed by atoms with Gasteiger partial charge in [-0.3, -0.25) is 9.89 Å². The fourth-order valence-electron chi connectivity index (χ4n) is 0.643. The zero-order chi connectivity index (χ0) is 8.10. The molecular formula is C6H9N3OS. The van der Waals surface area contributed by atoms with Gasteiger partial charge in [-0.15, -0.1) is 0 Å². The van der Waals surface area contributed by atoms with Gasteiger partial charge in [0.2, 0.25) is 0 Å². The number of H-pyrrole nitrogens is 1. The van der Waals surface area contributed by atoms with Crippen LogP contribution in [0.5, 0.6) is 0 Å². The molecule has 1 aromatic heterocycles. The first-order chi connectivity index (χ1) is 5.29. The standard InChI is InChI=1S/C6H9N3OS/c1-5(10)11-3-2-6-7-4-8-9-6/h4H,2-3H2,1H3,(H,7,8,9). The zero-order valence-corrected chi connectivity index (χ0v) is 7.02. The van der Waals surface area contributed by atoms with Crippen molar-refractivity contribution in [3.63, 3.8) is 0 Å². The van der Waals surface area contributed by atoms with Gasteiger partial charge in [0.05, 0.1) is 0 Å². The monoisotopic (exact) mass is 171 g/mol. The molecule has 1 aromatic rings. The maximum absolute atomic E-state index is 10.5. The van der Waals surface area contributed by atoms with Gasteiger partial charge in [0.15, 0.2) is 5.12 Å². The molecule has 5 heteroatoms. The Labute approximate surface area is 68.8 Å². The van der Waals surface area contributed by atoms with Gasteiger partial charge in [-0.1, -0.05) is 11.8 Å². The normalized spacial score (nSPS) is 9.91. The van der Waals surface area contributed by atoms with Crippen molar-refractivity contribution in [3.8, 4) is 0 Å². The van der Waals surface area contributed by atoms with Gasteiger partial charge in [-0.25, -0.2) is 4.98 Å². The number of hydrogen-bond acceptors (Lipinski definition) is 4. The van der Waals surface area contributed by atoms with Crippen LogP contribution in [0.2, 0.25) is 0 Å². The highest BCUT2D eigenvalue weighted by atomic mass is 32.2. The highest BCUT2D eigenvalue weighted by Gasteiger charge is 1.97. The van der Waals surface area contributed by atoms with E-state index in [1.807, 2.05) is 0 Å². The smallest absolute Gasteiger partial charge is 0.185 e. The molecule has 1 rings (SSSR count). The summed E-state index contributed by atoms with van der Waals surface area (Å²) in [6, 6.07) is 0. The minimum absolute atomic E-state index is 0.143. The van der Waals surface area contributed by atoms with Crippen molar-refractivity contribution in [2.45, 2.75) is 13.3 Å². The lowest BCUT2D eigenvalue weighted by Crippen LogP contribution is -1.93. The topological polar surface area (TPSA) is 58.6 Å². The maximum atomic E-state index is 10.5. The first-order valence-electron chi connectivity index (χ1n) is 3.26. The van der Waals surface area contributed by atoms with Gasteiger partial charge < -0.3 is 0 Å². The average molecular weight is 171 g/mol. The Morgan fingerprint density at radius 2 is 2.64 bits per heavy atom. The summed E-state index contributed by atoms with van der Waals surface area (Å²) in [5, 5.41) is 6.56. The van der Waals surface area contributed by atoms with E-state index in [-0.39, 0.29) is 5.12 Å². The molecule has 0 fully saturated rings. The molecule has 0 radical (unpaired) electrons. The molecule has 0 atom stereocenters. The van der Waals surface area contributed by atoms with Crippen LogP contribution in [0.25, 0.3) is 0 Å². The SMILES string of the molecule is CC(=O)SCCc1ncn[nH]1. The van der Waals surface area contributed by atoms with Crippen molar-refractivity contribution < 1.29 is 4.79 Å². The average Bonchev–Trinajstić information content (AvgIpc) is 2.39. The van der Waals surface area contributed by atoms with Crippen LogP contribution >= 0.6 is 11.8 Å². The Hall–Kier alpha value is -0.840. The van der Waals surface area contributed by atoms with E-state index < -0.39 is 0 Å². The second-order valence-corrected chi connectivity index (χ2v) is 3.29. The third kappa shape index (κ3) is 3.18. The van der Waals surface area contributed by atoms with E-state index >= 15 is 0 Å². The summed E-state index contributed by atoms with van der Waals surface area (Å²) in [5.74, 6) is 1.60. The first kappa shape index (κ1) is 8.26. The van der Waals surface area contributed by atoms with Crippen LogP contribution in [0.1, 0.15) is 12.7 Å². The van der Waals surface area contributed by atoms with Crippen molar-refractivity contribution in [2.24, 2.45) is 0 Å². The highest BCUT2D eigenvalue weighted by Crippen LogP contribution is 2.02. The van der Waals surface area contributed by atoms with E-state index in [0.29, 0.717) is 0 Å². The van der Waals surface area contributed by atoms with Crippen LogP contribution < -0.4 is 0 Å². The predicted molar refractivity (Wildman–Crippen MR) is 43.2 cm³/mol. The summed E-state index contributed by atoms with van der Waals surface area (Å²) in [6.07, 6.45) is 2.23. The number of aromatic amines is 1. The highest BCUT2D eigenvalue weighted by molar-refractivity contribution is 8.13.